The second-order valence-corrected chi connectivity index (χ2v) is 1.68. The Kier molecular flexibility index (Phi) is 14.9. The standard InChI is InChI=1S/C5H11.O.Zr/c1-4-5(2)3;;/h5H,1,4H2,2-3H3;;/q-1;;. The van der Waals surface area contributed by atoms with Gasteiger partial charge >= 0.3 is 27.5 Å². The molecule has 0 heterocycles. The van der Waals surface area contributed by atoms with E-state index in [1.165, 1.54) is 0 Å². The summed E-state index contributed by atoms with van der Waals surface area (Å²) >= 11 is 0.300. The maximum atomic E-state index is 8.34. The molecule has 0 unspecified atom stereocenters. The van der Waals surface area contributed by atoms with Gasteiger partial charge in [-0.3, -0.25) is 0 Å². The quantitative estimate of drug-likeness (QED) is 0.559. The van der Waals surface area contributed by atoms with Gasteiger partial charge in [-0.15, -0.1) is 0 Å². The molecular formula is C5H11OZr-. The second-order valence-electron chi connectivity index (χ2n) is 1.68. The molecule has 42 valence electrons. The van der Waals surface area contributed by atoms with Gasteiger partial charge in [-0.1, -0.05) is 19.8 Å². The van der Waals surface area contributed by atoms with Crippen molar-refractivity contribution in [2.75, 3.05) is 0 Å². The Bertz CT molecular complexity index is 29.3. The van der Waals surface area contributed by atoms with Crippen molar-refractivity contribution in [2.45, 2.75) is 20.3 Å². The van der Waals surface area contributed by atoms with E-state index >= 15 is 0 Å². The Hall–Kier alpha value is 0.683. The molecule has 1 nitrogen and oxygen atoms in total. The Labute approximate surface area is 60.8 Å². The van der Waals surface area contributed by atoms with Crippen molar-refractivity contribution in [1.82, 2.24) is 0 Å². The topological polar surface area (TPSA) is 17.1 Å². The van der Waals surface area contributed by atoms with Gasteiger partial charge in [-0.25, -0.2) is 0 Å². The van der Waals surface area contributed by atoms with Crippen LogP contribution in [0, 0.1) is 12.8 Å². The summed E-state index contributed by atoms with van der Waals surface area (Å²) < 4.78 is 8.34. The molecule has 0 rings (SSSR count). The molecule has 0 aliphatic heterocycles. The van der Waals surface area contributed by atoms with Gasteiger partial charge in [0.1, 0.15) is 0 Å². The maximum absolute atomic E-state index is 8.34. The molecule has 0 aliphatic rings. The molecule has 0 N–H and O–H groups in total. The van der Waals surface area contributed by atoms with Crippen molar-refractivity contribution in [1.29, 1.82) is 0 Å². The van der Waals surface area contributed by atoms with Gasteiger partial charge < -0.3 is 6.92 Å². The summed E-state index contributed by atoms with van der Waals surface area (Å²) in [6, 6.07) is 0. The molecule has 0 amide bonds. The van der Waals surface area contributed by atoms with Crippen molar-refractivity contribution >= 4 is 0 Å². The molecule has 0 fully saturated rings. The average Bonchev–Trinajstić information content (AvgIpc) is 1.73. The van der Waals surface area contributed by atoms with E-state index in [1.807, 2.05) is 0 Å². The monoisotopic (exact) mass is 177 g/mol. The van der Waals surface area contributed by atoms with Crippen molar-refractivity contribution in [2.24, 2.45) is 5.92 Å². The first-order chi connectivity index (χ1) is 3.27. The summed E-state index contributed by atoms with van der Waals surface area (Å²) in [6.07, 6.45) is 1.06. The molecule has 2 heteroatoms. The fourth-order valence-electron chi connectivity index (χ4n) is 0. The van der Waals surface area contributed by atoms with Crippen LogP contribution in [-0.4, -0.2) is 0 Å². The van der Waals surface area contributed by atoms with Crippen LogP contribution < -0.4 is 0 Å². The van der Waals surface area contributed by atoms with Crippen molar-refractivity contribution < 1.29 is 27.5 Å². The summed E-state index contributed by atoms with van der Waals surface area (Å²) in [6.45, 7) is 8.00. The zero-order valence-corrected chi connectivity index (χ0v) is 7.36. The molecule has 0 aromatic heterocycles. The van der Waals surface area contributed by atoms with Crippen LogP contribution in [-0.2, 0) is 27.5 Å². The van der Waals surface area contributed by atoms with Crippen LogP contribution in [0.5, 0.6) is 0 Å². The van der Waals surface area contributed by atoms with E-state index in [0.29, 0.717) is 24.7 Å². The number of rotatable bonds is 1. The van der Waals surface area contributed by atoms with Crippen LogP contribution in [0.1, 0.15) is 20.3 Å². The first kappa shape index (κ1) is 10.6. The predicted octanol–water partition coefficient (Wildman–Crippen LogP) is 1.75. The SMILES string of the molecule is [CH2-]CC(C)C.[O]=[Zr]. The first-order valence-corrected chi connectivity index (χ1v) is 3.27. The Balaban J connectivity index is 0. The molecule has 7 heavy (non-hydrogen) atoms. The molecule has 0 atom stereocenters. The van der Waals surface area contributed by atoms with E-state index in [0.717, 1.165) is 12.3 Å². The van der Waals surface area contributed by atoms with Crippen LogP contribution >= 0.6 is 0 Å². The second kappa shape index (κ2) is 9.84. The van der Waals surface area contributed by atoms with Gasteiger partial charge in [0.15, 0.2) is 0 Å². The van der Waals surface area contributed by atoms with Gasteiger partial charge in [0, 0.05) is 0 Å². The molecule has 0 saturated carbocycles. The van der Waals surface area contributed by atoms with E-state index in [2.05, 4.69) is 20.8 Å². The molecule has 0 aliphatic carbocycles. The molecule has 0 radical (unpaired) electrons. The third-order valence-corrected chi connectivity index (χ3v) is 0.577. The minimum absolute atomic E-state index is 0.300. The van der Waals surface area contributed by atoms with Gasteiger partial charge in [0.05, 0.1) is 0 Å². The zero-order valence-electron chi connectivity index (χ0n) is 4.90. The average molecular weight is 178 g/mol. The normalized spacial score (nSPS) is 7.29. The third kappa shape index (κ3) is 20.4. The van der Waals surface area contributed by atoms with E-state index in [4.69, 9.17) is 2.81 Å². The van der Waals surface area contributed by atoms with Gasteiger partial charge in [-0.05, 0) is 0 Å². The fourth-order valence-corrected chi connectivity index (χ4v) is 0. The van der Waals surface area contributed by atoms with Gasteiger partial charge in [-0.2, -0.15) is 6.42 Å². The van der Waals surface area contributed by atoms with Gasteiger partial charge in [0.25, 0.3) is 0 Å². The van der Waals surface area contributed by atoms with Crippen molar-refractivity contribution in [3.05, 3.63) is 6.92 Å². The van der Waals surface area contributed by atoms with Gasteiger partial charge in [0.2, 0.25) is 0 Å². The van der Waals surface area contributed by atoms with E-state index in [1.54, 1.807) is 0 Å². The van der Waals surface area contributed by atoms with Crippen LogP contribution in [0.25, 0.3) is 0 Å². The molecule has 0 saturated heterocycles. The molecular weight excluding hydrogens is 167 g/mol. The van der Waals surface area contributed by atoms with E-state index in [-0.39, 0.29) is 0 Å². The van der Waals surface area contributed by atoms with Crippen LogP contribution in [0.4, 0.5) is 0 Å². The van der Waals surface area contributed by atoms with Crippen LogP contribution in [0.3, 0.4) is 0 Å². The summed E-state index contributed by atoms with van der Waals surface area (Å²) in [5.74, 6) is 0.773. The molecule has 0 spiro atoms. The Morgan fingerprint density at radius 3 is 1.71 bits per heavy atom. The molecule has 0 bridgehead atoms. The van der Waals surface area contributed by atoms with E-state index in [9.17, 15) is 0 Å². The van der Waals surface area contributed by atoms with E-state index < -0.39 is 0 Å². The van der Waals surface area contributed by atoms with Crippen molar-refractivity contribution in [3.63, 3.8) is 0 Å². The number of hydrogen-bond acceptors (Lipinski definition) is 1. The predicted molar refractivity (Wildman–Crippen MR) is 25.5 cm³/mol. The summed E-state index contributed by atoms with van der Waals surface area (Å²) in [5.41, 5.74) is 0. The third-order valence-electron chi connectivity index (χ3n) is 0.577. The number of hydrogen-bond donors (Lipinski definition) is 0. The Morgan fingerprint density at radius 2 is 1.71 bits per heavy atom. The molecule has 0 aromatic carbocycles. The zero-order chi connectivity index (χ0) is 6.28. The first-order valence-electron chi connectivity index (χ1n) is 2.27. The van der Waals surface area contributed by atoms with Crippen molar-refractivity contribution in [3.8, 4) is 0 Å². The van der Waals surface area contributed by atoms with Crippen LogP contribution in [0.15, 0.2) is 0 Å². The minimum atomic E-state index is 0.300. The fraction of sp³-hybridized carbons (Fsp3) is 0.800. The summed E-state index contributed by atoms with van der Waals surface area (Å²) in [4.78, 5) is 0. The molecule has 0 aromatic rings. The summed E-state index contributed by atoms with van der Waals surface area (Å²) in [5, 5.41) is 0. The summed E-state index contributed by atoms with van der Waals surface area (Å²) in [7, 11) is 0. The Morgan fingerprint density at radius 1 is 1.57 bits per heavy atom. The van der Waals surface area contributed by atoms with Crippen LogP contribution in [0.2, 0.25) is 0 Å².